The minimum Gasteiger partial charge on any atom is -0.497 e. The Hall–Kier alpha value is -4.36. The highest BCUT2D eigenvalue weighted by molar-refractivity contribution is 6.05. The van der Waals surface area contributed by atoms with Gasteiger partial charge in [0.15, 0.2) is 0 Å². The lowest BCUT2D eigenvalue weighted by atomic mass is 10.0. The molecule has 1 N–H and O–H groups in total. The van der Waals surface area contributed by atoms with Crippen LogP contribution in [0.5, 0.6) is 17.2 Å². The number of likely N-dealkylation sites (tertiary alicyclic amines) is 1. The van der Waals surface area contributed by atoms with Gasteiger partial charge in [-0.25, -0.2) is 0 Å². The molecule has 1 amide bonds. The number of carbonyl (C=O) groups excluding carboxylic acids is 1. The van der Waals surface area contributed by atoms with Crippen LogP contribution in [0, 0.1) is 0 Å². The van der Waals surface area contributed by atoms with Gasteiger partial charge in [0, 0.05) is 29.8 Å². The Kier molecular flexibility index (Phi) is 8.08. The van der Waals surface area contributed by atoms with E-state index in [-0.39, 0.29) is 12.0 Å². The number of ether oxygens (including phenoxy) is 3. The summed E-state index contributed by atoms with van der Waals surface area (Å²) < 4.78 is 17.0. The first-order chi connectivity index (χ1) is 19.0. The summed E-state index contributed by atoms with van der Waals surface area (Å²) in [6, 6.07) is 24.8. The molecule has 0 bridgehead atoms. The van der Waals surface area contributed by atoms with E-state index in [1.54, 1.807) is 32.5 Å². The van der Waals surface area contributed by atoms with Crippen molar-refractivity contribution in [1.82, 2.24) is 9.88 Å². The molecule has 1 fully saturated rings. The van der Waals surface area contributed by atoms with Crippen molar-refractivity contribution in [1.29, 1.82) is 0 Å². The van der Waals surface area contributed by atoms with Crippen LogP contribution in [0.1, 0.15) is 23.2 Å². The molecule has 3 aromatic carbocycles. The number of rotatable bonds is 8. The standard InChI is InChI=1S/C32H33N3O4/c1-35-17-15-27(16-18-35)39-26-11-7-22(8-12-26)30-13-10-25(21-33-30)34-32(36)24-9-14-31(38-3)29(20-24)23-5-4-6-28(19-23)37-2/h4-14,19-21,27H,15-18H2,1-3H3,(H,34,36). The largest absolute Gasteiger partial charge is 0.497 e. The molecule has 1 saturated heterocycles. The van der Waals surface area contributed by atoms with Gasteiger partial charge in [-0.1, -0.05) is 12.1 Å². The SMILES string of the molecule is COc1cccc(-c2cc(C(=O)Nc3ccc(-c4ccc(OC5CCN(C)CC5)cc4)nc3)ccc2OC)c1. The van der Waals surface area contributed by atoms with E-state index < -0.39 is 0 Å². The monoisotopic (exact) mass is 523 g/mol. The number of anilines is 1. The van der Waals surface area contributed by atoms with Crippen molar-refractivity contribution < 1.29 is 19.0 Å². The number of pyridine rings is 1. The van der Waals surface area contributed by atoms with E-state index in [0.29, 0.717) is 17.0 Å². The van der Waals surface area contributed by atoms with Crippen molar-refractivity contribution in [3.8, 4) is 39.6 Å². The lowest BCUT2D eigenvalue weighted by Crippen LogP contribution is -2.35. The molecule has 0 unspecified atom stereocenters. The van der Waals surface area contributed by atoms with E-state index in [4.69, 9.17) is 14.2 Å². The van der Waals surface area contributed by atoms with Crippen molar-refractivity contribution in [3.63, 3.8) is 0 Å². The smallest absolute Gasteiger partial charge is 0.255 e. The first kappa shape index (κ1) is 26.3. The van der Waals surface area contributed by atoms with Crippen molar-refractivity contribution in [2.24, 2.45) is 0 Å². The molecule has 0 radical (unpaired) electrons. The van der Waals surface area contributed by atoms with E-state index >= 15 is 0 Å². The molecular weight excluding hydrogens is 490 g/mol. The molecule has 7 nitrogen and oxygen atoms in total. The van der Waals surface area contributed by atoms with E-state index in [2.05, 4.69) is 22.2 Å². The van der Waals surface area contributed by atoms with Gasteiger partial charge >= 0.3 is 0 Å². The molecule has 200 valence electrons. The fourth-order valence-corrected chi connectivity index (χ4v) is 4.71. The minimum absolute atomic E-state index is 0.230. The van der Waals surface area contributed by atoms with E-state index in [1.807, 2.05) is 66.7 Å². The van der Waals surface area contributed by atoms with Crippen molar-refractivity contribution in [3.05, 3.63) is 90.6 Å². The van der Waals surface area contributed by atoms with Gasteiger partial charge in [0.25, 0.3) is 5.91 Å². The summed E-state index contributed by atoms with van der Waals surface area (Å²) in [7, 11) is 5.38. The summed E-state index contributed by atoms with van der Waals surface area (Å²) in [6.45, 7) is 2.13. The van der Waals surface area contributed by atoms with Crippen LogP contribution in [0.25, 0.3) is 22.4 Å². The number of nitrogens with zero attached hydrogens (tertiary/aromatic N) is 2. The molecule has 1 aliphatic rings. The third-order valence-corrected chi connectivity index (χ3v) is 6.98. The quantitative estimate of drug-likeness (QED) is 0.298. The fraction of sp³-hybridized carbons (Fsp3) is 0.250. The number of piperidine rings is 1. The number of methoxy groups -OCH3 is 2. The highest BCUT2D eigenvalue weighted by Gasteiger charge is 2.18. The van der Waals surface area contributed by atoms with Crippen molar-refractivity contribution >= 4 is 11.6 Å². The lowest BCUT2D eigenvalue weighted by Gasteiger charge is -2.29. The zero-order valence-corrected chi connectivity index (χ0v) is 22.5. The van der Waals surface area contributed by atoms with Crippen LogP contribution in [0.2, 0.25) is 0 Å². The molecule has 4 aromatic rings. The van der Waals surface area contributed by atoms with Gasteiger partial charge in [-0.3, -0.25) is 9.78 Å². The number of amides is 1. The zero-order valence-electron chi connectivity index (χ0n) is 22.5. The highest BCUT2D eigenvalue weighted by Crippen LogP contribution is 2.33. The molecule has 5 rings (SSSR count). The molecular formula is C32H33N3O4. The van der Waals surface area contributed by atoms with Crippen LogP contribution in [-0.2, 0) is 0 Å². The Labute approximate surface area is 229 Å². The van der Waals surface area contributed by atoms with Crippen LogP contribution in [0.3, 0.4) is 0 Å². The second kappa shape index (κ2) is 12.0. The number of hydrogen-bond acceptors (Lipinski definition) is 6. The van der Waals surface area contributed by atoms with Gasteiger partial charge in [0.05, 0.1) is 31.8 Å². The van der Waals surface area contributed by atoms with Crippen molar-refractivity contribution in [2.45, 2.75) is 18.9 Å². The normalized spacial score (nSPS) is 14.0. The second-order valence-corrected chi connectivity index (χ2v) is 9.68. The van der Waals surface area contributed by atoms with Crippen LogP contribution in [0.15, 0.2) is 85.1 Å². The molecule has 0 spiro atoms. The Morgan fingerprint density at radius 1 is 0.872 bits per heavy atom. The Balaban J connectivity index is 1.25. The Morgan fingerprint density at radius 2 is 1.67 bits per heavy atom. The molecule has 0 saturated carbocycles. The van der Waals surface area contributed by atoms with E-state index in [9.17, 15) is 4.79 Å². The molecule has 0 atom stereocenters. The topological polar surface area (TPSA) is 72.9 Å². The van der Waals surface area contributed by atoms with Crippen LogP contribution in [-0.4, -0.2) is 56.3 Å². The predicted molar refractivity (Wildman–Crippen MR) is 154 cm³/mol. The first-order valence-corrected chi connectivity index (χ1v) is 13.1. The van der Waals surface area contributed by atoms with Gasteiger partial charge in [-0.2, -0.15) is 0 Å². The summed E-state index contributed by atoms with van der Waals surface area (Å²) in [5.41, 5.74) is 4.64. The Bertz CT molecular complexity index is 1410. The van der Waals surface area contributed by atoms with Gasteiger partial charge in [-0.05, 0) is 92.2 Å². The van der Waals surface area contributed by atoms with Crippen LogP contribution in [0.4, 0.5) is 5.69 Å². The minimum atomic E-state index is -0.230. The summed E-state index contributed by atoms with van der Waals surface area (Å²) in [5.74, 6) is 2.06. The molecule has 39 heavy (non-hydrogen) atoms. The number of benzene rings is 3. The molecule has 0 aliphatic carbocycles. The molecule has 2 heterocycles. The number of hydrogen-bond donors (Lipinski definition) is 1. The maximum absolute atomic E-state index is 13.1. The van der Waals surface area contributed by atoms with Crippen LogP contribution >= 0.6 is 0 Å². The second-order valence-electron chi connectivity index (χ2n) is 9.68. The number of carbonyl (C=O) groups is 1. The average molecular weight is 524 g/mol. The van der Waals surface area contributed by atoms with Gasteiger partial charge in [-0.15, -0.1) is 0 Å². The molecule has 1 aliphatic heterocycles. The summed E-state index contributed by atoms with van der Waals surface area (Å²) >= 11 is 0. The highest BCUT2D eigenvalue weighted by atomic mass is 16.5. The predicted octanol–water partition coefficient (Wildman–Crippen LogP) is 6.16. The number of aromatic nitrogens is 1. The van der Waals surface area contributed by atoms with Crippen molar-refractivity contribution in [2.75, 3.05) is 39.7 Å². The lowest BCUT2D eigenvalue weighted by molar-refractivity contribution is 0.102. The summed E-state index contributed by atoms with van der Waals surface area (Å²) in [6.07, 6.45) is 4.03. The van der Waals surface area contributed by atoms with Gasteiger partial charge < -0.3 is 24.4 Å². The molecule has 1 aromatic heterocycles. The maximum atomic E-state index is 13.1. The third-order valence-electron chi connectivity index (χ3n) is 6.98. The van der Waals surface area contributed by atoms with E-state index in [1.165, 1.54) is 0 Å². The van der Waals surface area contributed by atoms with Gasteiger partial charge in [0.2, 0.25) is 0 Å². The van der Waals surface area contributed by atoms with E-state index in [0.717, 1.165) is 59.8 Å². The summed E-state index contributed by atoms with van der Waals surface area (Å²) in [4.78, 5) is 20.0. The molecule has 7 heteroatoms. The number of nitrogens with one attached hydrogen (secondary N) is 1. The van der Waals surface area contributed by atoms with Gasteiger partial charge in [0.1, 0.15) is 23.4 Å². The zero-order chi connectivity index (χ0) is 27.2. The average Bonchev–Trinajstić information content (AvgIpc) is 2.99. The third kappa shape index (κ3) is 6.38. The summed E-state index contributed by atoms with van der Waals surface area (Å²) in [5, 5.41) is 2.94. The Morgan fingerprint density at radius 3 is 2.36 bits per heavy atom. The first-order valence-electron chi connectivity index (χ1n) is 13.1. The van der Waals surface area contributed by atoms with Crippen LogP contribution < -0.4 is 19.5 Å². The maximum Gasteiger partial charge on any atom is 0.255 e. The fourth-order valence-electron chi connectivity index (χ4n) is 4.71.